The van der Waals surface area contributed by atoms with Gasteiger partial charge in [-0.3, -0.25) is 14.6 Å². The van der Waals surface area contributed by atoms with Crippen LogP contribution in [0, 0.1) is 0 Å². The molecule has 0 saturated heterocycles. The number of rotatable bonds is 7. The van der Waals surface area contributed by atoms with Gasteiger partial charge in [-0.2, -0.15) is 0 Å². The molecule has 1 aromatic heterocycles. The number of benzene rings is 1. The molecule has 1 heterocycles. The van der Waals surface area contributed by atoms with E-state index in [1.807, 2.05) is 31.2 Å². The van der Waals surface area contributed by atoms with Gasteiger partial charge in [0.2, 0.25) is 11.8 Å². The van der Waals surface area contributed by atoms with Crippen molar-refractivity contribution in [2.75, 3.05) is 16.4 Å². The highest BCUT2D eigenvalue weighted by molar-refractivity contribution is 8.00. The summed E-state index contributed by atoms with van der Waals surface area (Å²) in [5.74, 6) is 0.223. The van der Waals surface area contributed by atoms with Gasteiger partial charge in [-0.05, 0) is 36.8 Å². The van der Waals surface area contributed by atoms with Crippen molar-refractivity contribution in [3.05, 3.63) is 48.8 Å². The maximum Gasteiger partial charge on any atom is 0.234 e. The molecule has 2 N–H and O–H groups in total. The van der Waals surface area contributed by atoms with Gasteiger partial charge in [0.25, 0.3) is 0 Å². The second-order valence-electron chi connectivity index (χ2n) is 4.90. The Bertz CT molecular complexity index is 662. The number of anilines is 2. The second kappa shape index (κ2) is 8.95. The Morgan fingerprint density at radius 3 is 2.52 bits per heavy atom. The van der Waals surface area contributed by atoms with E-state index in [1.165, 1.54) is 11.8 Å². The molecule has 6 heteroatoms. The summed E-state index contributed by atoms with van der Waals surface area (Å²) in [5, 5.41) is 5.66. The zero-order valence-electron chi connectivity index (χ0n) is 12.9. The molecule has 2 aromatic rings. The van der Waals surface area contributed by atoms with E-state index in [9.17, 15) is 9.59 Å². The predicted molar refractivity (Wildman–Crippen MR) is 93.6 cm³/mol. The van der Waals surface area contributed by atoms with Gasteiger partial charge in [0.15, 0.2) is 0 Å². The van der Waals surface area contributed by atoms with E-state index in [2.05, 4.69) is 15.6 Å². The van der Waals surface area contributed by atoms with Crippen molar-refractivity contribution < 1.29 is 9.59 Å². The summed E-state index contributed by atoms with van der Waals surface area (Å²) < 4.78 is 0. The normalized spacial score (nSPS) is 10.1. The van der Waals surface area contributed by atoms with Crippen LogP contribution in [-0.2, 0) is 9.59 Å². The highest BCUT2D eigenvalue weighted by atomic mass is 32.2. The van der Waals surface area contributed by atoms with E-state index < -0.39 is 0 Å². The van der Waals surface area contributed by atoms with Crippen LogP contribution in [0.3, 0.4) is 0 Å². The van der Waals surface area contributed by atoms with Crippen LogP contribution < -0.4 is 10.6 Å². The average Bonchev–Trinajstić information content (AvgIpc) is 2.54. The summed E-state index contributed by atoms with van der Waals surface area (Å²) in [6, 6.07) is 11.0. The fraction of sp³-hybridized carbons (Fsp3) is 0.235. The third kappa shape index (κ3) is 6.12. The summed E-state index contributed by atoms with van der Waals surface area (Å²) >= 11 is 1.42. The van der Waals surface area contributed by atoms with Gasteiger partial charge in [-0.1, -0.05) is 13.0 Å². The maximum atomic E-state index is 11.9. The van der Waals surface area contributed by atoms with Gasteiger partial charge in [-0.15, -0.1) is 11.8 Å². The number of carbonyl (C=O) groups excluding carboxylic acids is 2. The van der Waals surface area contributed by atoms with Crippen molar-refractivity contribution in [1.29, 1.82) is 0 Å². The van der Waals surface area contributed by atoms with E-state index in [0.29, 0.717) is 12.2 Å². The third-order valence-electron chi connectivity index (χ3n) is 2.93. The van der Waals surface area contributed by atoms with Crippen molar-refractivity contribution >= 4 is 35.0 Å². The second-order valence-corrected chi connectivity index (χ2v) is 5.95. The molecule has 23 heavy (non-hydrogen) atoms. The molecule has 0 atom stereocenters. The number of pyridine rings is 1. The van der Waals surface area contributed by atoms with Crippen molar-refractivity contribution in [1.82, 2.24) is 4.98 Å². The van der Waals surface area contributed by atoms with Gasteiger partial charge in [-0.25, -0.2) is 0 Å². The van der Waals surface area contributed by atoms with E-state index in [-0.39, 0.29) is 11.8 Å². The lowest BCUT2D eigenvalue weighted by Crippen LogP contribution is -2.14. The highest BCUT2D eigenvalue weighted by Crippen LogP contribution is 2.22. The molecule has 0 fully saturated rings. The first-order valence-electron chi connectivity index (χ1n) is 7.40. The molecule has 0 unspecified atom stereocenters. The Balaban J connectivity index is 1.85. The largest absolute Gasteiger partial charge is 0.326 e. The standard InChI is InChI=1S/C17H19N3O2S/c1-2-4-16(21)20-14-5-3-6-15(11-14)23-12-17(22)19-13-7-9-18-10-8-13/h3,5-11H,2,4,12H2,1H3,(H,20,21)(H,18,19,22). The molecule has 2 rings (SSSR count). The fourth-order valence-electron chi connectivity index (χ4n) is 1.90. The van der Waals surface area contributed by atoms with Crippen LogP contribution in [0.15, 0.2) is 53.7 Å². The lowest BCUT2D eigenvalue weighted by molar-refractivity contribution is -0.116. The number of amides is 2. The van der Waals surface area contributed by atoms with E-state index in [0.717, 1.165) is 22.7 Å². The van der Waals surface area contributed by atoms with Crippen LogP contribution in [0.1, 0.15) is 19.8 Å². The lowest BCUT2D eigenvalue weighted by Gasteiger charge is -2.07. The van der Waals surface area contributed by atoms with E-state index in [1.54, 1.807) is 24.5 Å². The quantitative estimate of drug-likeness (QED) is 0.762. The van der Waals surface area contributed by atoms with Crippen LogP contribution in [0.4, 0.5) is 11.4 Å². The van der Waals surface area contributed by atoms with Crippen LogP contribution in [-0.4, -0.2) is 22.6 Å². The summed E-state index contributed by atoms with van der Waals surface area (Å²) in [6.07, 6.45) is 4.58. The Morgan fingerprint density at radius 1 is 1.04 bits per heavy atom. The Kier molecular flexibility index (Phi) is 6.62. The Labute approximate surface area is 139 Å². The first kappa shape index (κ1) is 17.0. The molecule has 120 valence electrons. The Hall–Kier alpha value is -2.34. The minimum atomic E-state index is -0.0818. The number of hydrogen-bond donors (Lipinski definition) is 2. The number of aromatic nitrogens is 1. The maximum absolute atomic E-state index is 11.9. The minimum Gasteiger partial charge on any atom is -0.326 e. The molecule has 2 amide bonds. The first-order chi connectivity index (χ1) is 11.2. The number of hydrogen-bond acceptors (Lipinski definition) is 4. The zero-order chi connectivity index (χ0) is 16.5. The number of thioether (sulfide) groups is 1. The van der Waals surface area contributed by atoms with Gasteiger partial charge >= 0.3 is 0 Å². The molecule has 0 saturated carbocycles. The first-order valence-corrected chi connectivity index (χ1v) is 8.38. The summed E-state index contributed by atoms with van der Waals surface area (Å²) in [7, 11) is 0. The Morgan fingerprint density at radius 2 is 1.78 bits per heavy atom. The topological polar surface area (TPSA) is 71.1 Å². The minimum absolute atomic E-state index is 0.00470. The monoisotopic (exact) mass is 329 g/mol. The van der Waals surface area contributed by atoms with Crippen molar-refractivity contribution in [2.45, 2.75) is 24.7 Å². The zero-order valence-corrected chi connectivity index (χ0v) is 13.7. The van der Waals surface area contributed by atoms with Crippen LogP contribution >= 0.6 is 11.8 Å². The lowest BCUT2D eigenvalue weighted by atomic mass is 10.3. The molecular formula is C17H19N3O2S. The van der Waals surface area contributed by atoms with Gasteiger partial charge < -0.3 is 10.6 Å². The number of nitrogens with zero attached hydrogens (tertiary/aromatic N) is 1. The average molecular weight is 329 g/mol. The molecule has 0 aliphatic heterocycles. The molecule has 0 bridgehead atoms. The van der Waals surface area contributed by atoms with Crippen molar-refractivity contribution in [2.24, 2.45) is 0 Å². The van der Waals surface area contributed by atoms with Crippen LogP contribution in [0.2, 0.25) is 0 Å². The molecule has 0 radical (unpaired) electrons. The summed E-state index contributed by atoms with van der Waals surface area (Å²) in [4.78, 5) is 28.4. The summed E-state index contributed by atoms with van der Waals surface area (Å²) in [5.41, 5.74) is 1.48. The number of nitrogens with one attached hydrogen (secondary N) is 2. The van der Waals surface area contributed by atoms with Crippen molar-refractivity contribution in [3.63, 3.8) is 0 Å². The van der Waals surface area contributed by atoms with E-state index >= 15 is 0 Å². The van der Waals surface area contributed by atoms with Gasteiger partial charge in [0.05, 0.1) is 5.75 Å². The van der Waals surface area contributed by atoms with Gasteiger partial charge in [0.1, 0.15) is 0 Å². The molecule has 0 aliphatic carbocycles. The predicted octanol–water partition coefficient (Wildman–Crippen LogP) is 3.55. The molecule has 1 aromatic carbocycles. The van der Waals surface area contributed by atoms with Crippen molar-refractivity contribution in [3.8, 4) is 0 Å². The third-order valence-corrected chi connectivity index (χ3v) is 3.92. The molecular weight excluding hydrogens is 310 g/mol. The fourth-order valence-corrected chi connectivity index (χ4v) is 2.65. The van der Waals surface area contributed by atoms with Crippen LogP contribution in [0.5, 0.6) is 0 Å². The highest BCUT2D eigenvalue weighted by Gasteiger charge is 2.05. The van der Waals surface area contributed by atoms with E-state index in [4.69, 9.17) is 0 Å². The smallest absolute Gasteiger partial charge is 0.234 e. The van der Waals surface area contributed by atoms with Crippen LogP contribution in [0.25, 0.3) is 0 Å². The molecule has 0 aliphatic rings. The molecule has 5 nitrogen and oxygen atoms in total. The molecule has 0 spiro atoms. The SMILES string of the molecule is CCCC(=O)Nc1cccc(SCC(=O)Nc2ccncc2)c1. The summed E-state index contributed by atoms with van der Waals surface area (Å²) in [6.45, 7) is 1.97. The number of carbonyl (C=O) groups is 2. The van der Waals surface area contributed by atoms with Gasteiger partial charge in [0, 0.05) is 35.1 Å².